The Bertz CT molecular complexity index is 1050. The minimum Gasteiger partial charge on any atom is -0.489 e. The number of hydrogen-bond donors (Lipinski definition) is 1. The zero-order valence-corrected chi connectivity index (χ0v) is 18.2. The first-order valence-electron chi connectivity index (χ1n) is 10.5. The first-order chi connectivity index (χ1) is 15.1. The highest BCUT2D eigenvalue weighted by Gasteiger charge is 2.20. The topological polar surface area (TPSA) is 74.3 Å². The average molecular weight is 437 g/mol. The van der Waals surface area contributed by atoms with Gasteiger partial charge in [-0.2, -0.15) is 10.2 Å². The van der Waals surface area contributed by atoms with Crippen molar-refractivity contribution in [1.29, 1.82) is 5.26 Å². The van der Waals surface area contributed by atoms with E-state index in [2.05, 4.69) is 28.2 Å². The number of nitrogens with one attached hydrogen (secondary N) is 1. The van der Waals surface area contributed by atoms with Crippen molar-refractivity contribution in [2.45, 2.75) is 32.4 Å². The minimum absolute atomic E-state index is 0.266. The monoisotopic (exact) mass is 436 g/mol. The summed E-state index contributed by atoms with van der Waals surface area (Å²) in [5, 5.41) is 13.4. The third-order valence-corrected chi connectivity index (χ3v) is 5.88. The van der Waals surface area contributed by atoms with Gasteiger partial charge in [-0.15, -0.1) is 0 Å². The Kier molecular flexibility index (Phi) is 6.76. The second kappa shape index (κ2) is 9.86. The zero-order chi connectivity index (χ0) is 21.6. The van der Waals surface area contributed by atoms with Crippen LogP contribution in [0.2, 0.25) is 5.02 Å². The Labute approximate surface area is 187 Å². The van der Waals surface area contributed by atoms with Crippen LogP contribution >= 0.6 is 11.6 Å². The fourth-order valence-electron chi connectivity index (χ4n) is 3.66. The van der Waals surface area contributed by atoms with Gasteiger partial charge in [0.05, 0.1) is 0 Å². The predicted octanol–water partition coefficient (Wildman–Crippen LogP) is 5.34. The average Bonchev–Trinajstić information content (AvgIpc) is 3.47. The fraction of sp³-hybridized carbons (Fsp3) is 0.333. The van der Waals surface area contributed by atoms with Gasteiger partial charge < -0.3 is 14.5 Å². The van der Waals surface area contributed by atoms with Gasteiger partial charge in [0.2, 0.25) is 17.5 Å². The molecule has 31 heavy (non-hydrogen) atoms. The maximum Gasteiger partial charge on any atom is 0.232 e. The molecular weight excluding hydrogens is 412 g/mol. The molecule has 1 atom stereocenters. The van der Waals surface area contributed by atoms with Crippen LogP contribution < -0.4 is 10.1 Å². The van der Waals surface area contributed by atoms with Gasteiger partial charge in [-0.25, -0.2) is 0 Å². The first kappa shape index (κ1) is 21.2. The van der Waals surface area contributed by atoms with E-state index in [1.807, 2.05) is 48.5 Å². The fourth-order valence-corrected chi connectivity index (χ4v) is 3.85. The molecule has 0 spiro atoms. The number of hydrogen-bond acceptors (Lipinski definition) is 6. The molecule has 0 bridgehead atoms. The molecule has 3 aromatic rings. The Morgan fingerprint density at radius 3 is 2.65 bits per heavy atom. The maximum absolute atomic E-state index is 9.45. The second-order valence-corrected chi connectivity index (χ2v) is 8.09. The third-order valence-electron chi connectivity index (χ3n) is 5.51. The highest BCUT2D eigenvalue weighted by atomic mass is 35.5. The highest BCUT2D eigenvalue weighted by Crippen LogP contribution is 2.27. The Morgan fingerprint density at radius 1 is 1.19 bits per heavy atom. The van der Waals surface area contributed by atoms with Crippen molar-refractivity contribution in [3.05, 3.63) is 64.8 Å². The Hall–Kier alpha value is -3.01. The summed E-state index contributed by atoms with van der Waals surface area (Å²) in [6.45, 7) is 5.53. The van der Waals surface area contributed by atoms with Gasteiger partial charge in [-0.05, 0) is 63.2 Å². The summed E-state index contributed by atoms with van der Waals surface area (Å²) in [7, 11) is 0. The van der Waals surface area contributed by atoms with Crippen LogP contribution in [0.3, 0.4) is 0 Å². The van der Waals surface area contributed by atoms with E-state index in [1.165, 1.54) is 12.8 Å². The van der Waals surface area contributed by atoms with E-state index in [1.54, 1.807) is 0 Å². The van der Waals surface area contributed by atoms with Crippen molar-refractivity contribution in [3.8, 4) is 23.3 Å². The molecule has 2 heterocycles. The molecule has 0 saturated carbocycles. The molecule has 0 amide bonds. The van der Waals surface area contributed by atoms with Gasteiger partial charge >= 0.3 is 0 Å². The van der Waals surface area contributed by atoms with Gasteiger partial charge in [-0.1, -0.05) is 29.8 Å². The number of benzene rings is 2. The van der Waals surface area contributed by atoms with Crippen LogP contribution in [0.4, 0.5) is 5.88 Å². The van der Waals surface area contributed by atoms with Crippen LogP contribution in [0.25, 0.3) is 11.5 Å². The van der Waals surface area contributed by atoms with Gasteiger partial charge in [0.1, 0.15) is 18.4 Å². The van der Waals surface area contributed by atoms with Gasteiger partial charge in [-0.3, -0.25) is 4.90 Å². The molecule has 6 nitrogen and oxygen atoms in total. The summed E-state index contributed by atoms with van der Waals surface area (Å²) in [6.07, 6.45) is 2.50. The Balaban J connectivity index is 1.39. The second-order valence-electron chi connectivity index (χ2n) is 7.69. The molecule has 0 aliphatic carbocycles. The van der Waals surface area contributed by atoms with Crippen molar-refractivity contribution in [1.82, 2.24) is 9.88 Å². The van der Waals surface area contributed by atoms with Crippen LogP contribution in [0, 0.1) is 11.3 Å². The zero-order valence-electron chi connectivity index (χ0n) is 17.5. The van der Waals surface area contributed by atoms with Gasteiger partial charge in [0, 0.05) is 28.7 Å². The predicted molar refractivity (Wildman–Crippen MR) is 121 cm³/mol. The third kappa shape index (κ3) is 5.19. The van der Waals surface area contributed by atoms with E-state index in [0.717, 1.165) is 24.2 Å². The summed E-state index contributed by atoms with van der Waals surface area (Å²) in [5.74, 6) is 1.54. The standard InChI is InChI=1S/C24H25ClN4O2/c1-17(29-12-4-5-13-29)15-27-24-22(14-26)28-23(31-24)18-8-10-20(11-9-18)30-16-19-6-2-3-7-21(19)25/h2-3,6-11,17,27H,4-5,12-13,15-16H2,1H3. The van der Waals surface area contributed by atoms with Crippen LogP contribution in [0.5, 0.6) is 5.75 Å². The molecule has 1 unspecified atom stereocenters. The quantitative estimate of drug-likeness (QED) is 0.513. The molecule has 0 radical (unpaired) electrons. The summed E-state index contributed by atoms with van der Waals surface area (Å²) in [4.78, 5) is 6.79. The van der Waals surface area contributed by atoms with Crippen molar-refractivity contribution >= 4 is 17.5 Å². The van der Waals surface area contributed by atoms with E-state index in [0.29, 0.717) is 41.7 Å². The summed E-state index contributed by atoms with van der Waals surface area (Å²) >= 11 is 6.17. The lowest BCUT2D eigenvalue weighted by molar-refractivity contribution is 0.268. The molecule has 160 valence electrons. The number of halogens is 1. The number of nitriles is 1. The van der Waals surface area contributed by atoms with Gasteiger partial charge in [0.25, 0.3) is 0 Å². The molecule has 7 heteroatoms. The lowest BCUT2D eigenvalue weighted by atomic mass is 10.2. The van der Waals surface area contributed by atoms with E-state index in [4.69, 9.17) is 20.8 Å². The number of nitrogens with zero attached hydrogens (tertiary/aromatic N) is 3. The van der Waals surface area contributed by atoms with Crippen molar-refractivity contribution in [3.63, 3.8) is 0 Å². The van der Waals surface area contributed by atoms with Crippen molar-refractivity contribution in [2.24, 2.45) is 0 Å². The van der Waals surface area contributed by atoms with Crippen LogP contribution in [0.15, 0.2) is 52.9 Å². The molecule has 1 N–H and O–H groups in total. The largest absolute Gasteiger partial charge is 0.489 e. The molecule has 1 fully saturated rings. The molecule has 1 aliphatic heterocycles. The van der Waals surface area contributed by atoms with Crippen molar-refractivity contribution < 1.29 is 9.15 Å². The van der Waals surface area contributed by atoms with Crippen LogP contribution in [-0.4, -0.2) is 35.6 Å². The maximum atomic E-state index is 9.45. The smallest absolute Gasteiger partial charge is 0.232 e. The lowest BCUT2D eigenvalue weighted by Crippen LogP contribution is -2.35. The molecule has 1 aromatic heterocycles. The highest BCUT2D eigenvalue weighted by molar-refractivity contribution is 6.31. The number of aromatic nitrogens is 1. The van der Waals surface area contributed by atoms with E-state index < -0.39 is 0 Å². The molecule has 1 aliphatic rings. The number of ether oxygens (including phenoxy) is 1. The van der Waals surface area contributed by atoms with E-state index >= 15 is 0 Å². The number of oxazole rings is 1. The molecule has 2 aromatic carbocycles. The lowest BCUT2D eigenvalue weighted by Gasteiger charge is -2.23. The van der Waals surface area contributed by atoms with Crippen LogP contribution in [0.1, 0.15) is 31.0 Å². The van der Waals surface area contributed by atoms with E-state index in [9.17, 15) is 5.26 Å². The SMILES string of the molecule is CC(CNc1oc(-c2ccc(OCc3ccccc3Cl)cc2)nc1C#N)N1CCCC1. The first-order valence-corrected chi connectivity index (χ1v) is 10.9. The number of anilines is 1. The summed E-state index contributed by atoms with van der Waals surface area (Å²) in [5.41, 5.74) is 1.98. The number of likely N-dealkylation sites (tertiary alicyclic amines) is 1. The minimum atomic E-state index is 0.266. The van der Waals surface area contributed by atoms with Crippen molar-refractivity contribution in [2.75, 3.05) is 25.0 Å². The van der Waals surface area contributed by atoms with Crippen LogP contribution in [-0.2, 0) is 6.61 Å². The summed E-state index contributed by atoms with van der Waals surface area (Å²) in [6, 6.07) is 17.5. The normalized spacial score (nSPS) is 14.9. The van der Waals surface area contributed by atoms with Gasteiger partial charge in [0.15, 0.2) is 0 Å². The molecule has 4 rings (SSSR count). The molecular formula is C24H25ClN4O2. The Morgan fingerprint density at radius 2 is 1.94 bits per heavy atom. The van der Waals surface area contributed by atoms with E-state index in [-0.39, 0.29) is 5.69 Å². The summed E-state index contributed by atoms with van der Waals surface area (Å²) < 4.78 is 11.7. The molecule has 1 saturated heterocycles. The number of rotatable bonds is 8.